The molecule has 0 bridgehead atoms. The lowest BCUT2D eigenvalue weighted by Crippen LogP contribution is -2.29. The zero-order valence-corrected chi connectivity index (χ0v) is 18.5. The Labute approximate surface area is 188 Å². The normalized spacial score (nSPS) is 11.7. The second-order valence-corrected chi connectivity index (χ2v) is 9.28. The van der Waals surface area contributed by atoms with Crippen LogP contribution in [0.5, 0.6) is 0 Å². The highest BCUT2D eigenvalue weighted by molar-refractivity contribution is 9.10. The Morgan fingerprint density at radius 3 is 1.90 bits per heavy atom. The molecule has 1 aromatic heterocycles. The molecule has 0 aliphatic rings. The lowest BCUT2D eigenvalue weighted by atomic mass is 9.78. The van der Waals surface area contributed by atoms with Crippen LogP contribution < -0.4 is 0 Å². The van der Waals surface area contributed by atoms with Crippen LogP contribution >= 0.6 is 27.3 Å². The van der Waals surface area contributed by atoms with Gasteiger partial charge in [0.05, 0.1) is 0 Å². The largest absolute Gasteiger partial charge is 0.376 e. The minimum Gasteiger partial charge on any atom is -0.376 e. The fourth-order valence-electron chi connectivity index (χ4n) is 3.98. The second kappa shape index (κ2) is 7.84. The topological polar surface area (TPSA) is 20.2 Å². The minimum atomic E-state index is -1.28. The molecule has 1 nitrogen and oxygen atoms in total. The summed E-state index contributed by atoms with van der Waals surface area (Å²) in [6, 6.07) is 36.6. The Balaban J connectivity index is 1.81. The smallest absolute Gasteiger partial charge is 0.141 e. The van der Waals surface area contributed by atoms with Crippen LogP contribution in [0.1, 0.15) is 16.7 Å². The van der Waals surface area contributed by atoms with Crippen molar-refractivity contribution in [2.45, 2.75) is 5.60 Å². The van der Waals surface area contributed by atoms with Crippen molar-refractivity contribution in [3.63, 3.8) is 0 Å². The molecule has 1 heterocycles. The van der Waals surface area contributed by atoms with Gasteiger partial charge >= 0.3 is 0 Å². The van der Waals surface area contributed by atoms with Gasteiger partial charge in [-0.3, -0.25) is 0 Å². The Morgan fingerprint density at radius 2 is 1.27 bits per heavy atom. The van der Waals surface area contributed by atoms with Gasteiger partial charge in [-0.15, -0.1) is 11.3 Å². The van der Waals surface area contributed by atoms with Crippen LogP contribution in [-0.4, -0.2) is 5.11 Å². The SMILES string of the molecule is OC(c1ccccc1)(c1ccccc1)c1cc(Br)ccc1-c1cc2ccccc2s1. The molecular weight excluding hydrogens is 452 g/mol. The lowest BCUT2D eigenvalue weighted by molar-refractivity contribution is 0.126. The number of fused-ring (bicyclic) bond motifs is 1. The minimum absolute atomic E-state index is 0.844. The van der Waals surface area contributed by atoms with Gasteiger partial charge in [-0.05, 0) is 46.3 Å². The van der Waals surface area contributed by atoms with Crippen LogP contribution in [-0.2, 0) is 5.60 Å². The number of thiophene rings is 1. The molecular formula is C27H19BrOS. The average Bonchev–Trinajstić information content (AvgIpc) is 3.24. The molecule has 1 N–H and O–H groups in total. The van der Waals surface area contributed by atoms with Crippen LogP contribution in [0.15, 0.2) is 114 Å². The van der Waals surface area contributed by atoms with Crippen molar-refractivity contribution in [3.8, 4) is 10.4 Å². The zero-order valence-electron chi connectivity index (χ0n) is 16.1. The molecule has 30 heavy (non-hydrogen) atoms. The van der Waals surface area contributed by atoms with Gasteiger partial charge in [-0.2, -0.15) is 0 Å². The summed E-state index contributed by atoms with van der Waals surface area (Å²) in [6.45, 7) is 0. The third kappa shape index (κ3) is 3.29. The quantitative estimate of drug-likeness (QED) is 0.268. The first-order valence-electron chi connectivity index (χ1n) is 9.78. The van der Waals surface area contributed by atoms with E-state index in [0.717, 1.165) is 31.6 Å². The van der Waals surface area contributed by atoms with E-state index in [1.165, 1.54) is 10.1 Å². The highest BCUT2D eigenvalue weighted by Gasteiger charge is 2.36. The maximum absolute atomic E-state index is 12.4. The van der Waals surface area contributed by atoms with Gasteiger partial charge in [0.2, 0.25) is 0 Å². The fourth-order valence-corrected chi connectivity index (χ4v) is 5.44. The standard InChI is InChI=1S/C27H19BrOS/c28-22-15-16-23(26-17-19-9-7-8-14-25(19)30-26)24(18-22)27(29,20-10-3-1-4-11-20)21-12-5-2-6-13-21/h1-18,29H. The summed E-state index contributed by atoms with van der Waals surface area (Å²) in [7, 11) is 0. The monoisotopic (exact) mass is 470 g/mol. The van der Waals surface area contributed by atoms with Crippen molar-refractivity contribution >= 4 is 37.4 Å². The first kappa shape index (κ1) is 19.3. The average molecular weight is 471 g/mol. The Bertz CT molecular complexity index is 1240. The van der Waals surface area contributed by atoms with E-state index in [-0.39, 0.29) is 0 Å². The van der Waals surface area contributed by atoms with Crippen LogP contribution in [0.2, 0.25) is 0 Å². The summed E-state index contributed by atoms with van der Waals surface area (Å²) < 4.78 is 2.18. The highest BCUT2D eigenvalue weighted by atomic mass is 79.9. The predicted molar refractivity (Wildman–Crippen MR) is 130 cm³/mol. The van der Waals surface area contributed by atoms with Crippen LogP contribution in [0, 0.1) is 0 Å². The molecule has 5 aromatic rings. The summed E-state index contributed by atoms with van der Waals surface area (Å²) in [6.07, 6.45) is 0. The highest BCUT2D eigenvalue weighted by Crippen LogP contribution is 2.45. The molecule has 146 valence electrons. The van der Waals surface area contributed by atoms with E-state index < -0.39 is 5.60 Å². The predicted octanol–water partition coefficient (Wildman–Crippen LogP) is 7.62. The summed E-state index contributed by atoms with van der Waals surface area (Å²) >= 11 is 5.38. The molecule has 0 atom stereocenters. The zero-order chi connectivity index (χ0) is 20.6. The number of benzene rings is 4. The Hall–Kier alpha value is -2.72. The molecule has 3 heteroatoms. The van der Waals surface area contributed by atoms with Crippen molar-refractivity contribution in [2.24, 2.45) is 0 Å². The van der Waals surface area contributed by atoms with Crippen molar-refractivity contribution < 1.29 is 5.11 Å². The van der Waals surface area contributed by atoms with Crippen LogP contribution in [0.25, 0.3) is 20.5 Å². The van der Waals surface area contributed by atoms with Gasteiger partial charge in [0, 0.05) is 19.6 Å². The van der Waals surface area contributed by atoms with Crippen LogP contribution in [0.4, 0.5) is 0 Å². The molecule has 0 saturated carbocycles. The molecule has 0 aliphatic carbocycles. The van der Waals surface area contributed by atoms with Gasteiger partial charge < -0.3 is 5.11 Å². The van der Waals surface area contributed by atoms with E-state index in [2.05, 4.69) is 52.3 Å². The Morgan fingerprint density at radius 1 is 0.667 bits per heavy atom. The molecule has 5 rings (SSSR count). The third-order valence-electron chi connectivity index (χ3n) is 5.45. The van der Waals surface area contributed by atoms with E-state index in [4.69, 9.17) is 0 Å². The van der Waals surface area contributed by atoms with E-state index in [1.54, 1.807) is 11.3 Å². The van der Waals surface area contributed by atoms with Gasteiger partial charge in [0.25, 0.3) is 0 Å². The molecule has 0 unspecified atom stereocenters. The van der Waals surface area contributed by atoms with Gasteiger partial charge in [0.15, 0.2) is 0 Å². The summed E-state index contributed by atoms with van der Waals surface area (Å²) in [5.74, 6) is 0. The van der Waals surface area contributed by atoms with E-state index >= 15 is 0 Å². The lowest BCUT2D eigenvalue weighted by Gasteiger charge is -2.32. The van der Waals surface area contributed by atoms with Gasteiger partial charge in [-0.1, -0.05) is 101 Å². The summed E-state index contributed by atoms with van der Waals surface area (Å²) in [5, 5.41) is 13.6. The van der Waals surface area contributed by atoms with Crippen molar-refractivity contribution in [1.29, 1.82) is 0 Å². The number of halogens is 1. The summed E-state index contributed by atoms with van der Waals surface area (Å²) in [4.78, 5) is 1.14. The van der Waals surface area contributed by atoms with Crippen LogP contribution in [0.3, 0.4) is 0 Å². The van der Waals surface area contributed by atoms with Crippen molar-refractivity contribution in [1.82, 2.24) is 0 Å². The molecule has 0 fully saturated rings. The molecule has 0 spiro atoms. The van der Waals surface area contributed by atoms with E-state index in [0.29, 0.717) is 0 Å². The van der Waals surface area contributed by atoms with Crippen molar-refractivity contribution in [2.75, 3.05) is 0 Å². The third-order valence-corrected chi connectivity index (χ3v) is 7.09. The summed E-state index contributed by atoms with van der Waals surface area (Å²) in [5.41, 5.74) is 2.31. The second-order valence-electron chi connectivity index (χ2n) is 7.28. The number of hydrogen-bond acceptors (Lipinski definition) is 2. The first-order chi connectivity index (χ1) is 14.7. The molecule has 4 aromatic carbocycles. The maximum Gasteiger partial charge on any atom is 0.141 e. The van der Waals surface area contributed by atoms with E-state index in [1.807, 2.05) is 72.8 Å². The first-order valence-corrected chi connectivity index (χ1v) is 11.4. The van der Waals surface area contributed by atoms with Gasteiger partial charge in [-0.25, -0.2) is 0 Å². The number of aliphatic hydroxyl groups is 1. The number of hydrogen-bond donors (Lipinski definition) is 1. The molecule has 0 aliphatic heterocycles. The molecule has 0 saturated heterocycles. The Kier molecular flexibility index (Phi) is 5.03. The maximum atomic E-state index is 12.4. The van der Waals surface area contributed by atoms with Crippen molar-refractivity contribution in [3.05, 3.63) is 130 Å². The molecule has 0 radical (unpaired) electrons. The van der Waals surface area contributed by atoms with E-state index in [9.17, 15) is 5.11 Å². The number of rotatable bonds is 4. The van der Waals surface area contributed by atoms with Gasteiger partial charge in [0.1, 0.15) is 5.60 Å². The fraction of sp³-hybridized carbons (Fsp3) is 0.0370. The molecule has 0 amide bonds.